The van der Waals surface area contributed by atoms with E-state index in [2.05, 4.69) is 193 Å². The SMILES string of the molecule is c1ccc2cc(-c3c4ccccc4c(-c4ccc(-n5c6ccc7ccccc7c6c6ccc7ccccc7c65)cc4)c4ccccc34)ccc2c1. The highest BCUT2D eigenvalue weighted by Gasteiger charge is 2.19. The van der Waals surface area contributed by atoms with Crippen molar-refractivity contribution < 1.29 is 0 Å². The number of aromatic nitrogens is 1. The maximum atomic E-state index is 2.47. The molecule has 0 radical (unpaired) electrons. The lowest BCUT2D eigenvalue weighted by Gasteiger charge is -2.18. The number of fused-ring (bicyclic) bond motifs is 10. The van der Waals surface area contributed by atoms with Crippen molar-refractivity contribution >= 4 is 75.7 Å². The summed E-state index contributed by atoms with van der Waals surface area (Å²) in [5.74, 6) is 0. The number of rotatable bonds is 3. The van der Waals surface area contributed by atoms with Crippen molar-refractivity contribution in [2.75, 3.05) is 0 Å². The Morgan fingerprint density at radius 3 is 1.43 bits per heavy atom. The van der Waals surface area contributed by atoms with Gasteiger partial charge in [-0.2, -0.15) is 0 Å². The molecule has 11 aromatic rings. The van der Waals surface area contributed by atoms with Crippen LogP contribution in [0.5, 0.6) is 0 Å². The van der Waals surface area contributed by atoms with Crippen LogP contribution in [-0.4, -0.2) is 4.57 Å². The van der Waals surface area contributed by atoms with Crippen LogP contribution >= 0.6 is 0 Å². The Labute approximate surface area is 295 Å². The maximum Gasteiger partial charge on any atom is 0.0619 e. The molecule has 0 unspecified atom stereocenters. The zero-order chi connectivity index (χ0) is 33.5. The first-order chi connectivity index (χ1) is 25.3. The second-order valence-corrected chi connectivity index (χ2v) is 13.6. The van der Waals surface area contributed by atoms with E-state index < -0.39 is 0 Å². The number of hydrogen-bond acceptors (Lipinski definition) is 0. The number of benzene rings is 10. The summed E-state index contributed by atoms with van der Waals surface area (Å²) in [4.78, 5) is 0. The topological polar surface area (TPSA) is 4.93 Å². The van der Waals surface area contributed by atoms with E-state index in [1.807, 2.05) is 0 Å². The molecule has 0 saturated heterocycles. The fraction of sp³-hybridized carbons (Fsp3) is 0. The second-order valence-electron chi connectivity index (χ2n) is 13.6. The number of nitrogens with zero attached hydrogens (tertiary/aromatic N) is 1. The Hall–Kier alpha value is -6.70. The fourth-order valence-electron chi connectivity index (χ4n) is 8.69. The van der Waals surface area contributed by atoms with Crippen molar-refractivity contribution in [1.29, 1.82) is 0 Å². The molecule has 1 heteroatoms. The largest absolute Gasteiger partial charge is 0.309 e. The third-order valence-electron chi connectivity index (χ3n) is 10.9. The third kappa shape index (κ3) is 4.16. The lowest BCUT2D eigenvalue weighted by molar-refractivity contribution is 1.19. The summed E-state index contributed by atoms with van der Waals surface area (Å²) in [5, 5.41) is 15.2. The summed E-state index contributed by atoms with van der Waals surface area (Å²) in [7, 11) is 0. The fourth-order valence-corrected chi connectivity index (χ4v) is 8.69. The molecule has 1 nitrogen and oxygen atoms in total. The van der Waals surface area contributed by atoms with Gasteiger partial charge in [-0.25, -0.2) is 0 Å². The van der Waals surface area contributed by atoms with E-state index in [4.69, 9.17) is 0 Å². The molecule has 0 bridgehead atoms. The first kappa shape index (κ1) is 28.2. The average Bonchev–Trinajstić information content (AvgIpc) is 3.55. The average molecular weight is 646 g/mol. The van der Waals surface area contributed by atoms with Gasteiger partial charge >= 0.3 is 0 Å². The van der Waals surface area contributed by atoms with Crippen molar-refractivity contribution in [3.63, 3.8) is 0 Å². The molecule has 0 aliphatic rings. The minimum atomic E-state index is 1.16. The van der Waals surface area contributed by atoms with Gasteiger partial charge in [0.25, 0.3) is 0 Å². The van der Waals surface area contributed by atoms with E-state index in [9.17, 15) is 0 Å². The molecule has 236 valence electrons. The van der Waals surface area contributed by atoms with Gasteiger partial charge in [-0.05, 0) is 95.0 Å². The first-order valence-electron chi connectivity index (χ1n) is 17.7. The van der Waals surface area contributed by atoms with Crippen molar-refractivity contribution in [3.8, 4) is 27.9 Å². The van der Waals surface area contributed by atoms with Crippen LogP contribution in [0.2, 0.25) is 0 Å². The highest BCUT2D eigenvalue weighted by molar-refractivity contribution is 6.26. The summed E-state index contributed by atoms with van der Waals surface area (Å²) in [6, 6.07) is 69.3. The molecule has 0 fully saturated rings. The van der Waals surface area contributed by atoms with Crippen LogP contribution in [0, 0.1) is 0 Å². The minimum absolute atomic E-state index is 1.16. The van der Waals surface area contributed by atoms with Gasteiger partial charge in [0, 0.05) is 21.8 Å². The van der Waals surface area contributed by atoms with Gasteiger partial charge < -0.3 is 4.57 Å². The van der Waals surface area contributed by atoms with Crippen LogP contribution in [0.15, 0.2) is 188 Å². The van der Waals surface area contributed by atoms with Crippen molar-refractivity contribution in [2.45, 2.75) is 0 Å². The van der Waals surface area contributed by atoms with Gasteiger partial charge in [-0.1, -0.05) is 164 Å². The van der Waals surface area contributed by atoms with E-state index in [0.29, 0.717) is 0 Å². The Bertz CT molecular complexity index is 3120. The molecule has 0 atom stereocenters. The van der Waals surface area contributed by atoms with Gasteiger partial charge in [0.2, 0.25) is 0 Å². The maximum absolute atomic E-state index is 2.47. The molecular formula is C50H31N. The smallest absolute Gasteiger partial charge is 0.0619 e. The van der Waals surface area contributed by atoms with Crippen LogP contribution in [0.1, 0.15) is 0 Å². The lowest BCUT2D eigenvalue weighted by atomic mass is 9.85. The molecule has 0 aliphatic heterocycles. The molecule has 10 aromatic carbocycles. The Kier molecular flexibility index (Phi) is 6.02. The van der Waals surface area contributed by atoms with Crippen molar-refractivity contribution in [3.05, 3.63) is 188 Å². The van der Waals surface area contributed by atoms with Gasteiger partial charge in [-0.3, -0.25) is 0 Å². The minimum Gasteiger partial charge on any atom is -0.309 e. The van der Waals surface area contributed by atoms with Crippen molar-refractivity contribution in [1.82, 2.24) is 4.57 Å². The summed E-state index contributed by atoms with van der Waals surface area (Å²) >= 11 is 0. The van der Waals surface area contributed by atoms with E-state index in [-0.39, 0.29) is 0 Å². The highest BCUT2D eigenvalue weighted by atomic mass is 15.0. The molecule has 0 amide bonds. The molecule has 11 rings (SSSR count). The summed E-state index contributed by atoms with van der Waals surface area (Å²) in [6.45, 7) is 0. The number of hydrogen-bond donors (Lipinski definition) is 0. The normalized spacial score (nSPS) is 11.9. The van der Waals surface area contributed by atoms with E-state index in [1.165, 1.54) is 97.9 Å². The molecule has 0 spiro atoms. The molecule has 0 N–H and O–H groups in total. The molecular weight excluding hydrogens is 615 g/mol. The Balaban J connectivity index is 1.16. The molecule has 1 aromatic heterocycles. The van der Waals surface area contributed by atoms with Crippen LogP contribution < -0.4 is 0 Å². The van der Waals surface area contributed by atoms with Gasteiger partial charge in [0.15, 0.2) is 0 Å². The molecule has 0 saturated carbocycles. The molecule has 51 heavy (non-hydrogen) atoms. The Morgan fingerprint density at radius 2 is 0.765 bits per heavy atom. The predicted octanol–water partition coefficient (Wildman–Crippen LogP) is 13.9. The van der Waals surface area contributed by atoms with Crippen LogP contribution in [0.4, 0.5) is 0 Å². The van der Waals surface area contributed by atoms with Crippen LogP contribution in [0.3, 0.4) is 0 Å². The zero-order valence-electron chi connectivity index (χ0n) is 27.8. The van der Waals surface area contributed by atoms with E-state index in [0.717, 1.165) is 5.69 Å². The quantitative estimate of drug-likeness (QED) is 0.169. The van der Waals surface area contributed by atoms with Gasteiger partial charge in [-0.15, -0.1) is 0 Å². The van der Waals surface area contributed by atoms with E-state index >= 15 is 0 Å². The second kappa shape index (κ2) is 10.9. The van der Waals surface area contributed by atoms with Crippen molar-refractivity contribution in [2.24, 2.45) is 0 Å². The molecule has 0 aliphatic carbocycles. The van der Waals surface area contributed by atoms with Crippen LogP contribution in [0.25, 0.3) is 104 Å². The lowest BCUT2D eigenvalue weighted by Crippen LogP contribution is -1.95. The van der Waals surface area contributed by atoms with E-state index in [1.54, 1.807) is 0 Å². The molecule has 1 heterocycles. The first-order valence-corrected chi connectivity index (χ1v) is 17.7. The Morgan fingerprint density at radius 1 is 0.294 bits per heavy atom. The third-order valence-corrected chi connectivity index (χ3v) is 10.9. The predicted molar refractivity (Wildman–Crippen MR) is 219 cm³/mol. The summed E-state index contributed by atoms with van der Waals surface area (Å²) < 4.78 is 2.47. The summed E-state index contributed by atoms with van der Waals surface area (Å²) in [6.07, 6.45) is 0. The van der Waals surface area contributed by atoms with Gasteiger partial charge in [0.05, 0.1) is 11.0 Å². The summed E-state index contributed by atoms with van der Waals surface area (Å²) in [5.41, 5.74) is 8.66. The standard InChI is InChI=1S/C50H31N/c1-2-14-36-31-37(22-21-32(36)11-1)48-43-19-9-7-17-41(43)47(42-18-8-10-20-44(42)48)35-23-27-38(28-24-35)51-46-30-26-33-12-3-5-15-39(33)49(46)45-29-25-34-13-4-6-16-40(34)50(45)51/h1-31H. The monoisotopic (exact) mass is 645 g/mol. The highest BCUT2D eigenvalue weighted by Crippen LogP contribution is 2.45. The zero-order valence-corrected chi connectivity index (χ0v) is 27.8. The van der Waals surface area contributed by atoms with Gasteiger partial charge in [0.1, 0.15) is 0 Å². The van der Waals surface area contributed by atoms with Crippen LogP contribution in [-0.2, 0) is 0 Å².